The van der Waals surface area contributed by atoms with Gasteiger partial charge in [0, 0.05) is 42.4 Å². The molecule has 12 N–H and O–H groups in total. The van der Waals surface area contributed by atoms with Gasteiger partial charge in [-0.3, -0.25) is 28.7 Å². The predicted octanol–water partition coefficient (Wildman–Crippen LogP) is -0.501. The molecule has 0 saturated carbocycles. The van der Waals surface area contributed by atoms with Crippen LogP contribution in [0.15, 0.2) is 42.5 Å². The minimum atomic E-state index is -1.16. The number of nitrogens with one attached hydrogen (secondary N) is 2. The molecule has 2 aromatic rings. The SMILES string of the molecule is Cc1cc(O)cc(C)c1C[C@@H](N)C(=O)NCC(=O)N(CCCCCCO)[C@@H](Cc1ccccc1)C(=O)NC(=O)C(N)CCS(C)=O.Cl.O.O. The van der Waals surface area contributed by atoms with Gasteiger partial charge in [-0.15, -0.1) is 12.4 Å². The number of nitrogens with two attached hydrogens (primary N) is 2. The summed E-state index contributed by atoms with van der Waals surface area (Å²) in [6, 6.07) is 9.10. The number of unbranched alkanes of at least 4 members (excludes halogenated alkanes) is 3. The average molecular weight is 732 g/mol. The molecule has 2 aromatic carbocycles. The zero-order valence-electron chi connectivity index (χ0n) is 28.4. The number of phenols is 1. The highest BCUT2D eigenvalue weighted by atomic mass is 35.5. The Balaban J connectivity index is 0. The van der Waals surface area contributed by atoms with Crippen molar-refractivity contribution in [3.05, 3.63) is 64.7 Å². The minimum absolute atomic E-state index is 0. The van der Waals surface area contributed by atoms with E-state index in [1.807, 2.05) is 32.0 Å². The first-order valence-electron chi connectivity index (χ1n) is 15.5. The van der Waals surface area contributed by atoms with Gasteiger partial charge in [-0.25, -0.2) is 0 Å². The molecule has 0 saturated heterocycles. The molecular weight excluding hydrogens is 678 g/mol. The van der Waals surface area contributed by atoms with Gasteiger partial charge in [-0.05, 0) is 73.9 Å². The molecule has 0 fully saturated rings. The summed E-state index contributed by atoms with van der Waals surface area (Å²) in [5, 5.41) is 23.9. The lowest BCUT2D eigenvalue weighted by Crippen LogP contribution is -2.56. The van der Waals surface area contributed by atoms with Crippen molar-refractivity contribution in [1.29, 1.82) is 0 Å². The van der Waals surface area contributed by atoms with E-state index in [1.165, 1.54) is 11.2 Å². The number of hydrogen-bond acceptors (Lipinski definition) is 9. The van der Waals surface area contributed by atoms with Crippen molar-refractivity contribution < 1.29 is 44.6 Å². The maximum atomic E-state index is 13.7. The topological polar surface area (TPSA) is 268 Å². The average Bonchev–Trinajstić information content (AvgIpc) is 3.01. The monoisotopic (exact) mass is 731 g/mol. The number of carbonyl (C=O) groups is 4. The van der Waals surface area contributed by atoms with Crippen LogP contribution >= 0.6 is 12.4 Å². The molecule has 2 rings (SSSR count). The molecule has 4 amide bonds. The number of aliphatic hydroxyl groups is 1. The molecule has 16 heteroatoms. The van der Waals surface area contributed by atoms with Gasteiger partial charge in [0.25, 0.3) is 0 Å². The number of aliphatic hydroxyl groups excluding tert-OH is 1. The fraction of sp³-hybridized carbons (Fsp3) is 0.515. The number of phenolic OH excluding ortho intramolecular Hbond substituents is 1. The number of aryl methyl sites for hydroxylation is 2. The molecule has 2 unspecified atom stereocenters. The minimum Gasteiger partial charge on any atom is -0.508 e. The molecule has 0 bridgehead atoms. The number of amides is 4. The molecule has 0 aliphatic carbocycles. The second kappa shape index (κ2) is 24.7. The first-order chi connectivity index (χ1) is 21.8. The van der Waals surface area contributed by atoms with E-state index in [4.69, 9.17) is 16.6 Å². The van der Waals surface area contributed by atoms with Gasteiger partial charge in [-0.2, -0.15) is 0 Å². The number of imide groups is 1. The lowest BCUT2D eigenvalue weighted by atomic mass is 9.96. The molecule has 0 heterocycles. The molecule has 0 spiro atoms. The maximum absolute atomic E-state index is 13.7. The summed E-state index contributed by atoms with van der Waals surface area (Å²) in [5.41, 5.74) is 15.3. The molecule has 4 atom stereocenters. The van der Waals surface area contributed by atoms with Crippen LogP contribution in [0.1, 0.15) is 54.4 Å². The van der Waals surface area contributed by atoms with Crippen LogP contribution in [0.2, 0.25) is 0 Å². The van der Waals surface area contributed by atoms with E-state index in [1.54, 1.807) is 24.3 Å². The summed E-state index contributed by atoms with van der Waals surface area (Å²) < 4.78 is 11.5. The third-order valence-electron chi connectivity index (χ3n) is 7.73. The van der Waals surface area contributed by atoms with E-state index in [2.05, 4.69) is 10.6 Å². The molecule has 0 aromatic heterocycles. The number of benzene rings is 2. The van der Waals surface area contributed by atoms with Crippen molar-refractivity contribution in [2.45, 2.75) is 76.9 Å². The highest BCUT2D eigenvalue weighted by molar-refractivity contribution is 7.84. The van der Waals surface area contributed by atoms with Crippen molar-refractivity contribution in [1.82, 2.24) is 15.5 Å². The summed E-state index contributed by atoms with van der Waals surface area (Å²) in [6.45, 7) is 3.41. The van der Waals surface area contributed by atoms with E-state index in [-0.39, 0.29) is 67.3 Å². The largest absolute Gasteiger partial charge is 0.508 e. The van der Waals surface area contributed by atoms with Crippen LogP contribution in [0, 0.1) is 13.8 Å². The van der Waals surface area contributed by atoms with E-state index in [9.17, 15) is 28.5 Å². The van der Waals surface area contributed by atoms with Crippen molar-refractivity contribution in [3.8, 4) is 5.75 Å². The summed E-state index contributed by atoms with van der Waals surface area (Å²) in [7, 11) is -1.16. The van der Waals surface area contributed by atoms with E-state index in [0.717, 1.165) is 28.7 Å². The fourth-order valence-electron chi connectivity index (χ4n) is 5.11. The summed E-state index contributed by atoms with van der Waals surface area (Å²) in [5.74, 6) is -2.22. The molecular formula is C33H54ClN5O9S. The fourth-order valence-corrected chi connectivity index (χ4v) is 5.69. The van der Waals surface area contributed by atoms with Crippen molar-refractivity contribution in [2.24, 2.45) is 11.5 Å². The second-order valence-electron chi connectivity index (χ2n) is 11.5. The van der Waals surface area contributed by atoms with E-state index in [0.29, 0.717) is 19.3 Å². The second-order valence-corrected chi connectivity index (χ2v) is 13.1. The quantitative estimate of drug-likeness (QED) is 0.102. The number of nitrogens with zero attached hydrogens (tertiary/aromatic N) is 1. The van der Waals surface area contributed by atoms with Gasteiger partial charge in [0.2, 0.25) is 23.6 Å². The van der Waals surface area contributed by atoms with E-state index < -0.39 is 59.1 Å². The third kappa shape index (κ3) is 16.7. The first-order valence-corrected chi connectivity index (χ1v) is 17.2. The number of carbonyl (C=O) groups excluding carboxylic acids is 4. The highest BCUT2D eigenvalue weighted by Crippen LogP contribution is 2.22. The van der Waals surface area contributed by atoms with Crippen molar-refractivity contribution in [2.75, 3.05) is 31.7 Å². The van der Waals surface area contributed by atoms with Crippen molar-refractivity contribution >= 4 is 46.8 Å². The summed E-state index contributed by atoms with van der Waals surface area (Å²) >= 11 is 0. The van der Waals surface area contributed by atoms with Crippen LogP contribution in [0.5, 0.6) is 5.75 Å². The van der Waals surface area contributed by atoms with Gasteiger partial charge >= 0.3 is 0 Å². The van der Waals surface area contributed by atoms with Gasteiger partial charge in [-0.1, -0.05) is 43.2 Å². The van der Waals surface area contributed by atoms with Gasteiger partial charge in [0.1, 0.15) is 11.8 Å². The number of aromatic hydroxyl groups is 1. The Morgan fingerprint density at radius 2 is 1.47 bits per heavy atom. The predicted molar refractivity (Wildman–Crippen MR) is 193 cm³/mol. The Hall–Kier alpha value is -3.44. The Morgan fingerprint density at radius 1 is 0.878 bits per heavy atom. The molecule has 49 heavy (non-hydrogen) atoms. The van der Waals surface area contributed by atoms with Crippen LogP contribution < -0.4 is 22.1 Å². The zero-order valence-corrected chi connectivity index (χ0v) is 30.0. The van der Waals surface area contributed by atoms with Crippen LogP contribution in [-0.2, 0) is 42.8 Å². The van der Waals surface area contributed by atoms with E-state index >= 15 is 0 Å². The normalized spacial score (nSPS) is 12.9. The summed E-state index contributed by atoms with van der Waals surface area (Å²) in [4.78, 5) is 54.5. The van der Waals surface area contributed by atoms with Crippen LogP contribution in [-0.4, -0.2) is 104 Å². The molecule has 0 aliphatic rings. The van der Waals surface area contributed by atoms with Gasteiger partial charge < -0.3 is 42.8 Å². The molecule has 278 valence electrons. The molecule has 0 radical (unpaired) electrons. The summed E-state index contributed by atoms with van der Waals surface area (Å²) in [6.07, 6.45) is 4.44. The standard InChI is InChI=1S/C33H49N5O7S.ClH.2H2O/c1-22-17-25(40)18-23(2)26(22)20-28(35)31(42)36-21-30(41)38(14-9-4-5-10-15-39)29(19-24-11-7-6-8-12-24)33(44)37-32(43)27(34)13-16-46(3)45;;;/h6-8,11-12,17-18,27-29,39-40H,4-5,9-10,13-16,19-21,34-35H2,1-3H3,(H,36,42)(H,37,43,44);1H;2*1H2/t27?,28-,29+,46?;;;/m1.../s1. The van der Waals surface area contributed by atoms with Crippen LogP contribution in [0.4, 0.5) is 0 Å². The number of rotatable bonds is 19. The number of hydrogen-bond donors (Lipinski definition) is 6. The van der Waals surface area contributed by atoms with Gasteiger partial charge in [0.15, 0.2) is 0 Å². The Kier molecular flexibility index (Phi) is 24.0. The molecule has 0 aliphatic heterocycles. The maximum Gasteiger partial charge on any atom is 0.249 e. The molecule has 14 nitrogen and oxygen atoms in total. The first kappa shape index (κ1) is 47.7. The Bertz CT molecular complexity index is 1330. The Labute approximate surface area is 296 Å². The highest BCUT2D eigenvalue weighted by Gasteiger charge is 2.32. The Morgan fingerprint density at radius 3 is 2.04 bits per heavy atom. The van der Waals surface area contributed by atoms with Crippen LogP contribution in [0.3, 0.4) is 0 Å². The lowest BCUT2D eigenvalue weighted by molar-refractivity contribution is -0.143. The smallest absolute Gasteiger partial charge is 0.249 e. The van der Waals surface area contributed by atoms with Crippen LogP contribution in [0.25, 0.3) is 0 Å². The zero-order chi connectivity index (χ0) is 34.2. The van der Waals surface area contributed by atoms with Crippen molar-refractivity contribution in [3.63, 3.8) is 0 Å². The lowest BCUT2D eigenvalue weighted by Gasteiger charge is -2.31. The third-order valence-corrected chi connectivity index (χ3v) is 8.54. The number of halogens is 1. The van der Waals surface area contributed by atoms with Gasteiger partial charge in [0.05, 0.1) is 18.6 Å².